The number of esters is 1. The monoisotopic (exact) mass is 490 g/mol. The van der Waals surface area contributed by atoms with Crippen molar-refractivity contribution in [2.75, 3.05) is 0 Å². The predicted molar refractivity (Wildman–Crippen MR) is 70.8 cm³/mol. The van der Waals surface area contributed by atoms with Crippen molar-refractivity contribution in [3.8, 4) is 0 Å². The Morgan fingerprint density at radius 3 is 1.65 bits per heavy atom. The molecule has 0 aromatic carbocycles. The van der Waals surface area contributed by atoms with Crippen LogP contribution < -0.4 is 0 Å². The van der Waals surface area contributed by atoms with Crippen molar-refractivity contribution in [1.29, 1.82) is 0 Å². The van der Waals surface area contributed by atoms with Gasteiger partial charge in [-0.2, -0.15) is 57.1 Å². The van der Waals surface area contributed by atoms with E-state index in [4.69, 9.17) is 0 Å². The lowest BCUT2D eigenvalue weighted by Crippen LogP contribution is -2.87. The smallest absolute Gasteiger partial charge is 0.442 e. The largest absolute Gasteiger partial charge is 0.449 e. The van der Waals surface area contributed by atoms with E-state index in [1.165, 1.54) is 0 Å². The Balaban J connectivity index is 4.02. The van der Waals surface area contributed by atoms with Crippen molar-refractivity contribution >= 4 is 5.97 Å². The van der Waals surface area contributed by atoms with Gasteiger partial charge < -0.3 is 14.6 Å². The molecule has 0 aromatic rings. The Kier molecular flexibility index (Phi) is 6.03. The van der Waals surface area contributed by atoms with Gasteiger partial charge in [0.05, 0.1) is 0 Å². The van der Waals surface area contributed by atoms with Gasteiger partial charge in [0, 0.05) is 0 Å². The molecular formula is C14H11F13O4. The molecular weight excluding hydrogens is 479 g/mol. The average Bonchev–Trinajstić information content (AvgIpc) is 2.53. The summed E-state index contributed by atoms with van der Waals surface area (Å²) < 4.78 is 182. The Bertz CT molecular complexity index is 713. The van der Waals surface area contributed by atoms with E-state index in [2.05, 4.69) is 9.47 Å². The third kappa shape index (κ3) is 3.34. The van der Waals surface area contributed by atoms with E-state index in [0.29, 0.717) is 0 Å². The summed E-state index contributed by atoms with van der Waals surface area (Å²) in [6, 6.07) is 0. The summed E-state index contributed by atoms with van der Waals surface area (Å²) in [5.41, 5.74) is -14.1. The van der Waals surface area contributed by atoms with Crippen LogP contribution in [0.4, 0.5) is 57.1 Å². The number of alkyl halides is 13. The van der Waals surface area contributed by atoms with E-state index >= 15 is 0 Å². The van der Waals surface area contributed by atoms with Crippen molar-refractivity contribution in [3.05, 3.63) is 12.2 Å². The summed E-state index contributed by atoms with van der Waals surface area (Å²) in [5.74, 6) is -22.6. The van der Waals surface area contributed by atoms with E-state index in [1.54, 1.807) is 0 Å². The van der Waals surface area contributed by atoms with E-state index in [0.717, 1.165) is 0 Å². The molecule has 0 aromatic heterocycles. The molecule has 1 rings (SSSR count). The molecule has 17 heteroatoms. The number of hydrogen-bond acceptors (Lipinski definition) is 4. The fourth-order valence-electron chi connectivity index (χ4n) is 2.73. The molecule has 1 N–H and O–H groups in total. The normalized spacial score (nSPS) is 33.7. The van der Waals surface area contributed by atoms with Gasteiger partial charge in [-0.3, -0.25) is 0 Å². The molecule has 1 aliphatic rings. The zero-order valence-corrected chi connectivity index (χ0v) is 15.0. The van der Waals surface area contributed by atoms with E-state index in [1.807, 2.05) is 6.58 Å². The first kappa shape index (κ1) is 27.3. The first-order valence-electron chi connectivity index (χ1n) is 7.62. The van der Waals surface area contributed by atoms with Gasteiger partial charge >= 0.3 is 42.1 Å². The maximum atomic E-state index is 14.8. The summed E-state index contributed by atoms with van der Waals surface area (Å²) in [5, 5.41) is 9.38. The van der Waals surface area contributed by atoms with Crippen molar-refractivity contribution in [3.63, 3.8) is 0 Å². The second-order valence-electron chi connectivity index (χ2n) is 6.47. The van der Waals surface area contributed by atoms with Gasteiger partial charge in [0.2, 0.25) is 11.2 Å². The number of rotatable bonds is 3. The first-order chi connectivity index (χ1) is 13.3. The summed E-state index contributed by atoms with van der Waals surface area (Å²) >= 11 is 0. The second kappa shape index (κ2) is 6.86. The maximum Gasteiger partial charge on any atom is 0.449 e. The van der Waals surface area contributed by atoms with Crippen LogP contribution in [0.25, 0.3) is 0 Å². The zero-order chi connectivity index (χ0) is 25.3. The molecule has 0 spiro atoms. The minimum absolute atomic E-state index is 0.0599. The molecule has 3 unspecified atom stereocenters. The molecule has 0 bridgehead atoms. The molecule has 0 amide bonds. The van der Waals surface area contributed by atoms with E-state index in [-0.39, 0.29) is 6.92 Å². The Hall–Kier alpha value is -1.78. The van der Waals surface area contributed by atoms with Gasteiger partial charge in [0.15, 0.2) is 0 Å². The molecule has 1 saturated heterocycles. The summed E-state index contributed by atoms with van der Waals surface area (Å²) in [4.78, 5) is 11.5. The van der Waals surface area contributed by atoms with Crippen LogP contribution in [-0.2, 0) is 14.3 Å². The third-order valence-electron chi connectivity index (χ3n) is 4.67. The van der Waals surface area contributed by atoms with Gasteiger partial charge in [-0.05, 0) is 13.3 Å². The highest BCUT2D eigenvalue weighted by Crippen LogP contribution is 2.67. The Morgan fingerprint density at radius 1 is 0.935 bits per heavy atom. The van der Waals surface area contributed by atoms with E-state index < -0.39 is 72.3 Å². The van der Waals surface area contributed by atoms with Crippen LogP contribution in [0.5, 0.6) is 0 Å². The van der Waals surface area contributed by atoms with Crippen molar-refractivity contribution in [2.24, 2.45) is 0 Å². The van der Waals surface area contributed by atoms with Crippen molar-refractivity contribution < 1.29 is 76.5 Å². The average molecular weight is 490 g/mol. The molecule has 1 fully saturated rings. The molecule has 1 aliphatic heterocycles. The molecule has 0 aliphatic carbocycles. The summed E-state index contributed by atoms with van der Waals surface area (Å²) in [7, 11) is 0. The standard InChI is InChI=1S/C14H11F13O4/c1-4-8(30-6(28)5(2)9(15,16)17)10(18,19)7(3,13(22,23)24)31-12(29,11(8,20)21)14(25,26)27/h29H,2,4H2,1,3H3. The number of hydrogen-bond donors (Lipinski definition) is 1. The Morgan fingerprint density at radius 2 is 1.35 bits per heavy atom. The lowest BCUT2D eigenvalue weighted by Gasteiger charge is -2.59. The van der Waals surface area contributed by atoms with E-state index in [9.17, 15) is 67.0 Å². The lowest BCUT2D eigenvalue weighted by molar-refractivity contribution is -0.555. The molecule has 182 valence electrons. The minimum atomic E-state index is -6.94. The van der Waals surface area contributed by atoms with Gasteiger partial charge in [-0.1, -0.05) is 13.5 Å². The first-order valence-corrected chi connectivity index (χ1v) is 7.62. The number of aliphatic hydroxyl groups is 1. The second-order valence-corrected chi connectivity index (χ2v) is 6.47. The van der Waals surface area contributed by atoms with Crippen LogP contribution in [0.15, 0.2) is 12.2 Å². The molecule has 0 radical (unpaired) electrons. The Labute approximate surface area is 163 Å². The fraction of sp³-hybridized carbons (Fsp3) is 0.786. The van der Waals surface area contributed by atoms with Gasteiger partial charge in [-0.15, -0.1) is 0 Å². The highest BCUT2D eigenvalue weighted by atomic mass is 19.4. The van der Waals surface area contributed by atoms with Crippen LogP contribution in [0.1, 0.15) is 20.3 Å². The fourth-order valence-corrected chi connectivity index (χ4v) is 2.73. The number of ether oxygens (including phenoxy) is 2. The van der Waals surface area contributed by atoms with Crippen LogP contribution in [0.3, 0.4) is 0 Å². The molecule has 1 heterocycles. The van der Waals surface area contributed by atoms with Crippen LogP contribution in [0, 0.1) is 0 Å². The highest BCUT2D eigenvalue weighted by molar-refractivity contribution is 5.89. The lowest BCUT2D eigenvalue weighted by atomic mass is 9.70. The van der Waals surface area contributed by atoms with Crippen LogP contribution in [0.2, 0.25) is 0 Å². The van der Waals surface area contributed by atoms with Gasteiger partial charge in [0.1, 0.15) is 5.57 Å². The quantitative estimate of drug-likeness (QED) is 0.355. The van der Waals surface area contributed by atoms with Crippen molar-refractivity contribution in [2.45, 2.75) is 67.6 Å². The molecule has 31 heavy (non-hydrogen) atoms. The van der Waals surface area contributed by atoms with Gasteiger partial charge in [-0.25, -0.2) is 4.79 Å². The van der Waals surface area contributed by atoms with Crippen LogP contribution in [-0.4, -0.2) is 58.4 Å². The number of carbonyl (C=O) groups excluding carboxylic acids is 1. The summed E-state index contributed by atoms with van der Waals surface area (Å²) in [6.45, 7) is 1.18. The van der Waals surface area contributed by atoms with Crippen molar-refractivity contribution in [1.82, 2.24) is 0 Å². The predicted octanol–water partition coefficient (Wildman–Crippen LogP) is 4.67. The number of carbonyl (C=O) groups is 1. The number of halogens is 13. The molecule has 0 saturated carbocycles. The molecule has 3 atom stereocenters. The van der Waals surface area contributed by atoms with Crippen LogP contribution >= 0.6 is 0 Å². The topological polar surface area (TPSA) is 55.8 Å². The highest BCUT2D eigenvalue weighted by Gasteiger charge is 2.95. The minimum Gasteiger partial charge on any atom is -0.442 e. The summed E-state index contributed by atoms with van der Waals surface area (Å²) in [6.07, 6.45) is -21.8. The maximum absolute atomic E-state index is 14.8. The third-order valence-corrected chi connectivity index (χ3v) is 4.67. The molecule has 4 nitrogen and oxygen atoms in total. The zero-order valence-electron chi connectivity index (χ0n) is 15.0. The SMILES string of the molecule is C=C(C(=O)OC1(CC)C(F)(F)C(C)(C(F)(F)F)OC(O)(C(F)(F)F)C1(F)F)C(F)(F)F. The van der Waals surface area contributed by atoms with Gasteiger partial charge in [0.25, 0.3) is 0 Å².